The van der Waals surface area contributed by atoms with Gasteiger partial charge in [0.05, 0.1) is 17.6 Å². The first kappa shape index (κ1) is 13.3. The molecular formula is C14H17N3O2. The molecule has 19 heavy (non-hydrogen) atoms. The number of allylic oxidation sites excluding steroid dienone is 1. The number of fused-ring (bicyclic) bond motifs is 1. The van der Waals surface area contributed by atoms with Gasteiger partial charge in [0.2, 0.25) is 5.91 Å². The number of imidazole rings is 1. The number of hydrogen-bond acceptors (Lipinski definition) is 3. The fourth-order valence-corrected chi connectivity index (χ4v) is 1.95. The number of benzene rings is 1. The molecule has 0 saturated carbocycles. The zero-order valence-corrected chi connectivity index (χ0v) is 10.9. The molecule has 0 radical (unpaired) electrons. The van der Waals surface area contributed by atoms with Crippen LogP contribution in [0.2, 0.25) is 0 Å². The molecule has 1 aromatic carbocycles. The van der Waals surface area contributed by atoms with Gasteiger partial charge in [0.1, 0.15) is 12.4 Å². The third-order valence-corrected chi connectivity index (χ3v) is 2.76. The number of methoxy groups -OCH3 is 1. The van der Waals surface area contributed by atoms with E-state index in [0.29, 0.717) is 13.1 Å². The summed E-state index contributed by atoms with van der Waals surface area (Å²) in [5, 5.41) is 2.78. The second kappa shape index (κ2) is 6.15. The number of rotatable bonds is 6. The number of nitrogens with zero attached hydrogens (tertiary/aromatic N) is 2. The van der Waals surface area contributed by atoms with E-state index < -0.39 is 0 Å². The number of carbonyl (C=O) groups is 1. The average Bonchev–Trinajstić information content (AvgIpc) is 2.76. The zero-order chi connectivity index (χ0) is 13.7. The first-order valence-corrected chi connectivity index (χ1v) is 6.07. The largest absolute Gasteiger partial charge is 0.375 e. The van der Waals surface area contributed by atoms with Gasteiger partial charge in [-0.15, -0.1) is 6.58 Å². The molecule has 5 nitrogen and oxygen atoms in total. The molecule has 1 N–H and O–H groups in total. The summed E-state index contributed by atoms with van der Waals surface area (Å²) in [6.07, 6.45) is 1.81. The van der Waals surface area contributed by atoms with Crippen molar-refractivity contribution in [1.82, 2.24) is 14.9 Å². The van der Waals surface area contributed by atoms with Crippen LogP contribution in [0.25, 0.3) is 11.0 Å². The van der Waals surface area contributed by atoms with Gasteiger partial charge in [-0.05, 0) is 12.1 Å². The number of para-hydroxylation sites is 2. The third kappa shape index (κ3) is 3.00. The highest BCUT2D eigenvalue weighted by Gasteiger charge is 2.10. The minimum atomic E-state index is -0.153. The van der Waals surface area contributed by atoms with Crippen LogP contribution in [0.4, 0.5) is 0 Å². The van der Waals surface area contributed by atoms with Crippen molar-refractivity contribution in [3.63, 3.8) is 0 Å². The van der Waals surface area contributed by atoms with Gasteiger partial charge in [-0.2, -0.15) is 0 Å². The maximum atomic E-state index is 11.4. The summed E-state index contributed by atoms with van der Waals surface area (Å²) in [5.74, 6) is 0.658. The molecule has 2 rings (SSSR count). The van der Waals surface area contributed by atoms with Gasteiger partial charge in [-0.1, -0.05) is 18.2 Å². The monoisotopic (exact) mass is 259 g/mol. The lowest BCUT2D eigenvalue weighted by Crippen LogP contribution is -2.28. The number of amides is 1. The lowest BCUT2D eigenvalue weighted by molar-refractivity contribution is -0.124. The van der Waals surface area contributed by atoms with Crippen molar-refractivity contribution in [2.24, 2.45) is 0 Å². The van der Waals surface area contributed by atoms with Gasteiger partial charge >= 0.3 is 0 Å². The molecule has 1 amide bonds. The molecule has 5 heteroatoms. The first-order chi connectivity index (χ1) is 9.26. The molecule has 0 fully saturated rings. The third-order valence-electron chi connectivity index (χ3n) is 2.76. The van der Waals surface area contributed by atoms with E-state index in [2.05, 4.69) is 16.9 Å². The highest BCUT2D eigenvalue weighted by atomic mass is 16.5. The topological polar surface area (TPSA) is 56.2 Å². The van der Waals surface area contributed by atoms with Gasteiger partial charge in [-0.3, -0.25) is 4.79 Å². The zero-order valence-electron chi connectivity index (χ0n) is 10.9. The van der Waals surface area contributed by atoms with Crippen LogP contribution in [0, 0.1) is 0 Å². The molecule has 0 bridgehead atoms. The number of hydrogen-bond donors (Lipinski definition) is 1. The van der Waals surface area contributed by atoms with E-state index in [4.69, 9.17) is 4.74 Å². The molecule has 1 aromatic heterocycles. The number of nitrogens with one attached hydrogen (secondary N) is 1. The predicted octanol–water partition coefficient (Wildman–Crippen LogP) is 1.48. The highest BCUT2D eigenvalue weighted by Crippen LogP contribution is 2.15. The average molecular weight is 259 g/mol. The minimum Gasteiger partial charge on any atom is -0.375 e. The molecule has 0 aliphatic rings. The molecule has 100 valence electrons. The smallest absolute Gasteiger partial charge is 0.246 e. The lowest BCUT2D eigenvalue weighted by atomic mass is 10.3. The van der Waals surface area contributed by atoms with E-state index in [9.17, 15) is 4.79 Å². The van der Waals surface area contributed by atoms with Gasteiger partial charge in [0.25, 0.3) is 0 Å². The molecular weight excluding hydrogens is 242 g/mol. The van der Waals surface area contributed by atoms with Crippen LogP contribution in [-0.4, -0.2) is 29.2 Å². The summed E-state index contributed by atoms with van der Waals surface area (Å²) in [5.41, 5.74) is 1.96. The Labute approximate surface area is 111 Å². The first-order valence-electron chi connectivity index (χ1n) is 6.07. The number of carbonyl (C=O) groups excluding carboxylic acids is 1. The summed E-state index contributed by atoms with van der Waals surface area (Å²) in [4.78, 5) is 15.9. The van der Waals surface area contributed by atoms with Crippen LogP contribution in [0.3, 0.4) is 0 Å². The van der Waals surface area contributed by atoms with Crippen molar-refractivity contribution in [1.29, 1.82) is 0 Å². The molecule has 0 atom stereocenters. The Hall–Kier alpha value is -2.14. The van der Waals surface area contributed by atoms with Crippen molar-refractivity contribution in [3.8, 4) is 0 Å². The van der Waals surface area contributed by atoms with Crippen molar-refractivity contribution < 1.29 is 9.53 Å². The second-order valence-electron chi connectivity index (χ2n) is 4.13. The van der Waals surface area contributed by atoms with E-state index in [1.807, 2.05) is 34.9 Å². The summed E-state index contributed by atoms with van der Waals surface area (Å²) in [6.45, 7) is 4.85. The fourth-order valence-electron chi connectivity index (χ4n) is 1.95. The normalized spacial score (nSPS) is 10.6. The molecule has 1 heterocycles. The van der Waals surface area contributed by atoms with Crippen molar-refractivity contribution in [2.45, 2.75) is 13.1 Å². The van der Waals surface area contributed by atoms with Crippen molar-refractivity contribution in [3.05, 3.63) is 42.7 Å². The summed E-state index contributed by atoms with van der Waals surface area (Å²) < 4.78 is 6.81. The molecule has 2 aromatic rings. The van der Waals surface area contributed by atoms with Crippen LogP contribution in [0.1, 0.15) is 5.82 Å². The Morgan fingerprint density at radius 2 is 2.32 bits per heavy atom. The van der Waals surface area contributed by atoms with Crippen LogP contribution in [-0.2, 0) is 22.6 Å². The molecule has 0 spiro atoms. The lowest BCUT2D eigenvalue weighted by Gasteiger charge is -2.07. The Morgan fingerprint density at radius 3 is 3.05 bits per heavy atom. The van der Waals surface area contributed by atoms with E-state index in [-0.39, 0.29) is 12.5 Å². The van der Waals surface area contributed by atoms with Crippen LogP contribution >= 0.6 is 0 Å². The van der Waals surface area contributed by atoms with Gasteiger partial charge in [0.15, 0.2) is 0 Å². The maximum Gasteiger partial charge on any atom is 0.246 e. The molecule has 0 saturated heterocycles. The van der Waals surface area contributed by atoms with E-state index >= 15 is 0 Å². The van der Waals surface area contributed by atoms with Crippen LogP contribution in [0.5, 0.6) is 0 Å². The van der Waals surface area contributed by atoms with Crippen LogP contribution < -0.4 is 5.32 Å². The summed E-state index contributed by atoms with van der Waals surface area (Å²) >= 11 is 0. The Balaban J connectivity index is 2.23. The van der Waals surface area contributed by atoms with Crippen molar-refractivity contribution >= 4 is 16.9 Å². The molecule has 0 unspecified atom stereocenters. The van der Waals surface area contributed by atoms with Gasteiger partial charge in [-0.25, -0.2) is 4.98 Å². The van der Waals surface area contributed by atoms with E-state index in [0.717, 1.165) is 16.9 Å². The molecule has 0 aliphatic carbocycles. The quantitative estimate of drug-likeness (QED) is 0.800. The van der Waals surface area contributed by atoms with E-state index in [1.165, 1.54) is 7.11 Å². The highest BCUT2D eigenvalue weighted by molar-refractivity contribution is 5.78. The van der Waals surface area contributed by atoms with E-state index in [1.54, 1.807) is 0 Å². The fraction of sp³-hybridized carbons (Fsp3) is 0.286. The van der Waals surface area contributed by atoms with Crippen LogP contribution in [0.15, 0.2) is 36.9 Å². The summed E-state index contributed by atoms with van der Waals surface area (Å²) in [7, 11) is 1.49. The summed E-state index contributed by atoms with van der Waals surface area (Å²) in [6, 6.07) is 7.87. The Kier molecular flexibility index (Phi) is 4.30. The van der Waals surface area contributed by atoms with Gasteiger partial charge < -0.3 is 14.6 Å². The SMILES string of the molecule is C=CCn1c(CNC(=O)COC)nc2ccccc21. The molecule has 0 aliphatic heterocycles. The standard InChI is InChI=1S/C14H17N3O2/c1-3-8-17-12-7-5-4-6-11(12)16-13(17)9-15-14(18)10-19-2/h3-7H,1,8-10H2,2H3,(H,15,18). The van der Waals surface area contributed by atoms with Crippen molar-refractivity contribution in [2.75, 3.05) is 13.7 Å². The maximum absolute atomic E-state index is 11.4. The number of ether oxygens (including phenoxy) is 1. The Morgan fingerprint density at radius 1 is 1.53 bits per heavy atom. The Bertz CT molecular complexity index is 589. The predicted molar refractivity (Wildman–Crippen MR) is 73.7 cm³/mol. The number of aromatic nitrogens is 2. The second-order valence-corrected chi connectivity index (χ2v) is 4.13. The minimum absolute atomic E-state index is 0.0572. The van der Waals surface area contributed by atoms with Gasteiger partial charge in [0, 0.05) is 13.7 Å².